The van der Waals surface area contributed by atoms with Crippen molar-refractivity contribution >= 4 is 18.7 Å². The molecule has 0 bridgehead atoms. The summed E-state index contributed by atoms with van der Waals surface area (Å²) in [6.45, 7) is 12.9. The highest BCUT2D eigenvalue weighted by atomic mass is 28.4. The van der Waals surface area contributed by atoms with E-state index in [2.05, 4.69) is 75.9 Å². The van der Waals surface area contributed by atoms with Gasteiger partial charge in [0.25, 0.3) is 8.32 Å². The minimum Gasteiger partial charge on any atom is -0.397 e. The third-order valence-corrected chi connectivity index (χ3v) is 9.64. The monoisotopic (exact) mass is 366 g/mol. The third kappa shape index (κ3) is 4.23. The van der Waals surface area contributed by atoms with Crippen molar-refractivity contribution in [3.05, 3.63) is 85.0 Å². The Kier molecular flexibility index (Phi) is 6.76. The molecule has 1 N–H and O–H groups in total. The maximum atomic E-state index is 9.23. The second-order valence-electron chi connectivity index (χ2n) is 7.66. The average molecular weight is 367 g/mol. The molecule has 2 nitrogen and oxygen atoms in total. The van der Waals surface area contributed by atoms with Crippen LogP contribution in [0.2, 0.25) is 5.04 Å². The molecule has 0 saturated heterocycles. The Morgan fingerprint density at radius 2 is 1.50 bits per heavy atom. The van der Waals surface area contributed by atoms with Crippen molar-refractivity contribution in [3.8, 4) is 0 Å². The summed E-state index contributed by atoms with van der Waals surface area (Å²) in [5.41, 5.74) is 0.933. The van der Waals surface area contributed by atoms with Crippen molar-refractivity contribution < 1.29 is 9.53 Å². The molecule has 0 spiro atoms. The van der Waals surface area contributed by atoms with Gasteiger partial charge in [-0.2, -0.15) is 0 Å². The van der Waals surface area contributed by atoms with Crippen LogP contribution in [0.1, 0.15) is 27.7 Å². The molecular weight excluding hydrogens is 336 g/mol. The lowest BCUT2D eigenvalue weighted by Gasteiger charge is -2.45. The number of rotatable bonds is 7. The van der Waals surface area contributed by atoms with Gasteiger partial charge in [-0.1, -0.05) is 100 Å². The first kappa shape index (κ1) is 20.4. The molecule has 0 radical (unpaired) electrons. The van der Waals surface area contributed by atoms with Gasteiger partial charge in [-0.05, 0) is 27.9 Å². The van der Waals surface area contributed by atoms with Crippen molar-refractivity contribution in [2.75, 3.05) is 6.61 Å². The Labute approximate surface area is 159 Å². The van der Waals surface area contributed by atoms with Crippen LogP contribution >= 0.6 is 0 Å². The van der Waals surface area contributed by atoms with Crippen molar-refractivity contribution in [3.63, 3.8) is 0 Å². The van der Waals surface area contributed by atoms with E-state index in [-0.39, 0.29) is 17.7 Å². The number of benzene rings is 2. The maximum absolute atomic E-state index is 9.23. The van der Waals surface area contributed by atoms with E-state index in [1.165, 1.54) is 10.4 Å². The van der Waals surface area contributed by atoms with E-state index >= 15 is 0 Å². The zero-order valence-electron chi connectivity index (χ0n) is 16.3. The van der Waals surface area contributed by atoms with Crippen LogP contribution in [0.5, 0.6) is 0 Å². The second kappa shape index (κ2) is 8.63. The van der Waals surface area contributed by atoms with Crippen LogP contribution in [-0.2, 0) is 4.43 Å². The van der Waals surface area contributed by atoms with Crippen LogP contribution in [-0.4, -0.2) is 26.1 Å². The van der Waals surface area contributed by atoms with Gasteiger partial charge in [-0.25, -0.2) is 0 Å². The Morgan fingerprint density at radius 1 is 1.04 bits per heavy atom. The molecule has 0 aliphatic carbocycles. The predicted molar refractivity (Wildman–Crippen MR) is 114 cm³/mol. The summed E-state index contributed by atoms with van der Waals surface area (Å²) in [6.07, 6.45) is 3.41. The van der Waals surface area contributed by atoms with Crippen LogP contribution in [0.15, 0.2) is 85.0 Å². The second-order valence-corrected chi connectivity index (χ2v) is 11.9. The fraction of sp³-hybridized carbons (Fsp3) is 0.304. The number of hydrogen-bond donors (Lipinski definition) is 1. The van der Waals surface area contributed by atoms with Crippen LogP contribution in [0.4, 0.5) is 0 Å². The largest absolute Gasteiger partial charge is 0.397 e. The van der Waals surface area contributed by atoms with E-state index in [4.69, 9.17) is 4.43 Å². The molecule has 2 aromatic carbocycles. The SMILES string of the molecule is C=C(C)C(/C=C/CO)O[Si](c1ccccc1)(c1ccccc1)C(C)(C)C. The molecule has 0 aromatic heterocycles. The van der Waals surface area contributed by atoms with Gasteiger partial charge < -0.3 is 9.53 Å². The highest BCUT2D eigenvalue weighted by Crippen LogP contribution is 2.38. The van der Waals surface area contributed by atoms with Crippen molar-refractivity contribution in [2.24, 2.45) is 0 Å². The Morgan fingerprint density at radius 3 is 1.85 bits per heavy atom. The summed E-state index contributed by atoms with van der Waals surface area (Å²) in [5, 5.41) is 11.6. The van der Waals surface area contributed by atoms with E-state index in [9.17, 15) is 5.11 Å². The number of aliphatic hydroxyl groups is 1. The molecule has 2 aromatic rings. The first-order valence-electron chi connectivity index (χ1n) is 9.04. The lowest BCUT2D eigenvalue weighted by molar-refractivity contribution is 0.264. The molecule has 0 aliphatic rings. The van der Waals surface area contributed by atoms with Crippen molar-refractivity contribution in [1.82, 2.24) is 0 Å². The quantitative estimate of drug-likeness (QED) is 0.591. The van der Waals surface area contributed by atoms with Gasteiger partial charge in [0.05, 0.1) is 12.7 Å². The molecule has 3 heteroatoms. The molecule has 1 unspecified atom stereocenters. The van der Waals surface area contributed by atoms with Crippen LogP contribution in [0.3, 0.4) is 0 Å². The molecule has 0 heterocycles. The van der Waals surface area contributed by atoms with Crippen LogP contribution in [0, 0.1) is 0 Å². The van der Waals surface area contributed by atoms with Crippen molar-refractivity contribution in [1.29, 1.82) is 0 Å². The van der Waals surface area contributed by atoms with E-state index in [0.29, 0.717) is 0 Å². The fourth-order valence-corrected chi connectivity index (χ4v) is 8.05. The highest BCUT2D eigenvalue weighted by molar-refractivity contribution is 6.99. The number of hydrogen-bond acceptors (Lipinski definition) is 2. The molecule has 0 amide bonds. The van der Waals surface area contributed by atoms with Gasteiger partial charge in [-0.15, -0.1) is 0 Å². The molecule has 1 atom stereocenters. The molecular formula is C23H30O2Si. The van der Waals surface area contributed by atoms with Gasteiger partial charge in [0.2, 0.25) is 0 Å². The van der Waals surface area contributed by atoms with Gasteiger partial charge in [0, 0.05) is 0 Å². The van der Waals surface area contributed by atoms with E-state index in [1.807, 2.05) is 25.1 Å². The smallest absolute Gasteiger partial charge is 0.262 e. The predicted octanol–water partition coefficient (Wildman–Crippen LogP) is 4.06. The third-order valence-electron chi connectivity index (χ3n) is 4.62. The average Bonchev–Trinajstić information content (AvgIpc) is 2.62. The van der Waals surface area contributed by atoms with Crippen LogP contribution < -0.4 is 10.4 Å². The topological polar surface area (TPSA) is 29.5 Å². The first-order chi connectivity index (χ1) is 12.3. The highest BCUT2D eigenvalue weighted by Gasteiger charge is 2.51. The van der Waals surface area contributed by atoms with Crippen LogP contribution in [0.25, 0.3) is 0 Å². The zero-order valence-corrected chi connectivity index (χ0v) is 17.3. The molecule has 2 rings (SSSR count). The molecule has 138 valence electrons. The summed E-state index contributed by atoms with van der Waals surface area (Å²) in [4.78, 5) is 0. The van der Waals surface area contributed by atoms with Gasteiger partial charge >= 0.3 is 0 Å². The standard InChI is InChI=1S/C23H30O2Si/c1-19(2)22(17-12-18-24)25-26(23(3,4)5,20-13-8-6-9-14-20)21-15-10-7-11-16-21/h6-17,22,24H,1,18H2,2-5H3/b17-12+. The molecule has 0 fully saturated rings. The Bertz CT molecular complexity index is 690. The summed E-state index contributed by atoms with van der Waals surface area (Å²) in [6, 6.07) is 21.1. The lowest BCUT2D eigenvalue weighted by atomic mass is 10.2. The normalized spacial score (nSPS) is 13.7. The van der Waals surface area contributed by atoms with E-state index < -0.39 is 8.32 Å². The van der Waals surface area contributed by atoms with Gasteiger partial charge in [0.1, 0.15) is 0 Å². The summed E-state index contributed by atoms with van der Waals surface area (Å²) >= 11 is 0. The summed E-state index contributed by atoms with van der Waals surface area (Å²) in [5.74, 6) is 0. The van der Waals surface area contributed by atoms with Gasteiger partial charge in [-0.3, -0.25) is 0 Å². The molecule has 0 aliphatic heterocycles. The minimum atomic E-state index is -2.62. The van der Waals surface area contributed by atoms with E-state index in [0.717, 1.165) is 5.57 Å². The summed E-state index contributed by atoms with van der Waals surface area (Å²) < 4.78 is 6.98. The summed E-state index contributed by atoms with van der Waals surface area (Å²) in [7, 11) is -2.62. The fourth-order valence-electron chi connectivity index (χ4n) is 3.37. The Hall–Kier alpha value is -1.94. The van der Waals surface area contributed by atoms with Gasteiger partial charge in [0.15, 0.2) is 0 Å². The van der Waals surface area contributed by atoms with Crippen molar-refractivity contribution in [2.45, 2.75) is 38.8 Å². The lowest BCUT2D eigenvalue weighted by Crippen LogP contribution is -2.67. The maximum Gasteiger partial charge on any atom is 0.262 e. The van der Waals surface area contributed by atoms with E-state index in [1.54, 1.807) is 6.08 Å². The molecule has 0 saturated carbocycles. The Balaban J connectivity index is 2.71. The molecule has 26 heavy (non-hydrogen) atoms. The number of aliphatic hydroxyl groups excluding tert-OH is 1. The minimum absolute atomic E-state index is 0.00606. The zero-order chi connectivity index (χ0) is 19.2. The first-order valence-corrected chi connectivity index (χ1v) is 11.0.